The number of nitrogens with zero attached hydrogens (tertiary/aromatic N) is 3. The number of aromatic amines is 1. The van der Waals surface area contributed by atoms with Gasteiger partial charge in [-0.3, -0.25) is 4.90 Å². The molecule has 2 aromatic heterocycles. The lowest BCUT2D eigenvalue weighted by molar-refractivity contribution is -0.145. The van der Waals surface area contributed by atoms with E-state index in [4.69, 9.17) is 4.74 Å². The molecule has 0 fully saturated rings. The molecule has 5 nitrogen and oxygen atoms in total. The zero-order valence-electron chi connectivity index (χ0n) is 14.1. The largest absolute Gasteiger partial charge is 0.497 e. The third-order valence-corrected chi connectivity index (χ3v) is 4.64. The molecule has 0 atom stereocenters. The van der Waals surface area contributed by atoms with Crippen LogP contribution in [0.25, 0.3) is 10.9 Å². The molecule has 0 radical (unpaired) electrons. The smallest absolute Gasteiger partial charge is 0.451 e. The highest BCUT2D eigenvalue weighted by Gasteiger charge is 2.35. The van der Waals surface area contributed by atoms with Crippen molar-refractivity contribution in [2.24, 2.45) is 0 Å². The van der Waals surface area contributed by atoms with Gasteiger partial charge in [0.05, 0.1) is 12.8 Å². The van der Waals surface area contributed by atoms with Crippen molar-refractivity contribution in [2.45, 2.75) is 25.7 Å². The Labute approximate surface area is 147 Å². The van der Waals surface area contributed by atoms with E-state index in [1.54, 1.807) is 7.11 Å². The van der Waals surface area contributed by atoms with E-state index in [2.05, 4.69) is 19.9 Å². The molecule has 8 heteroatoms. The van der Waals surface area contributed by atoms with Gasteiger partial charge in [-0.25, -0.2) is 9.97 Å². The maximum atomic E-state index is 12.7. The average molecular weight is 362 g/mol. The van der Waals surface area contributed by atoms with Gasteiger partial charge in [-0.05, 0) is 23.8 Å². The number of aromatic nitrogens is 3. The van der Waals surface area contributed by atoms with Gasteiger partial charge >= 0.3 is 6.18 Å². The molecule has 1 N–H and O–H groups in total. The fourth-order valence-corrected chi connectivity index (χ4v) is 3.30. The van der Waals surface area contributed by atoms with Crippen molar-refractivity contribution in [1.29, 1.82) is 0 Å². The first kappa shape index (κ1) is 16.8. The lowest BCUT2D eigenvalue weighted by atomic mass is 10.1. The second-order valence-corrected chi connectivity index (χ2v) is 6.35. The molecule has 1 aliphatic rings. The van der Waals surface area contributed by atoms with Crippen LogP contribution in [0, 0.1) is 0 Å². The number of rotatable bonds is 3. The second-order valence-electron chi connectivity index (χ2n) is 6.35. The number of nitrogens with one attached hydrogen (secondary N) is 1. The predicted octanol–water partition coefficient (Wildman–Crippen LogP) is 3.54. The fourth-order valence-electron chi connectivity index (χ4n) is 3.30. The van der Waals surface area contributed by atoms with Gasteiger partial charge in [0.25, 0.3) is 0 Å². The van der Waals surface area contributed by atoms with E-state index in [-0.39, 0.29) is 0 Å². The fraction of sp³-hybridized carbons (Fsp3) is 0.333. The molecular formula is C18H17F3N4O. The van der Waals surface area contributed by atoms with Crippen LogP contribution in [-0.2, 0) is 25.7 Å². The minimum atomic E-state index is -4.50. The maximum Gasteiger partial charge on any atom is 0.451 e. The van der Waals surface area contributed by atoms with E-state index in [0.717, 1.165) is 27.8 Å². The molecule has 0 spiro atoms. The summed E-state index contributed by atoms with van der Waals surface area (Å²) >= 11 is 0. The lowest BCUT2D eigenvalue weighted by Crippen LogP contribution is -2.31. The summed E-state index contributed by atoms with van der Waals surface area (Å²) in [5.41, 5.74) is 3.39. The Morgan fingerprint density at radius 2 is 2.15 bits per heavy atom. The third kappa shape index (κ3) is 3.12. The summed E-state index contributed by atoms with van der Waals surface area (Å²) in [6.07, 6.45) is -0.764. The topological polar surface area (TPSA) is 54.0 Å². The van der Waals surface area contributed by atoms with Crippen LogP contribution in [0.1, 0.15) is 22.6 Å². The normalized spacial score (nSPS) is 15.2. The minimum absolute atomic E-state index is 0.479. The van der Waals surface area contributed by atoms with Crippen LogP contribution in [0.4, 0.5) is 13.2 Å². The molecule has 3 heterocycles. The summed E-state index contributed by atoms with van der Waals surface area (Å²) in [7, 11) is 1.63. The zero-order chi connectivity index (χ0) is 18.3. The molecule has 0 bridgehead atoms. The monoisotopic (exact) mass is 362 g/mol. The number of H-pyrrole nitrogens is 1. The first-order valence-corrected chi connectivity index (χ1v) is 8.22. The highest BCUT2D eigenvalue weighted by Crippen LogP contribution is 2.29. The van der Waals surface area contributed by atoms with E-state index in [1.165, 1.54) is 6.20 Å². The van der Waals surface area contributed by atoms with E-state index in [9.17, 15) is 13.2 Å². The molecule has 1 aliphatic heterocycles. The zero-order valence-corrected chi connectivity index (χ0v) is 14.1. The quantitative estimate of drug-likeness (QED) is 0.774. The molecule has 0 saturated carbocycles. The number of halogens is 3. The van der Waals surface area contributed by atoms with Crippen molar-refractivity contribution < 1.29 is 17.9 Å². The molecule has 26 heavy (non-hydrogen) atoms. The van der Waals surface area contributed by atoms with Crippen LogP contribution in [0.15, 0.2) is 30.6 Å². The number of benzene rings is 1. The summed E-state index contributed by atoms with van der Waals surface area (Å²) in [5, 5.41) is 1.08. The van der Waals surface area contributed by atoms with E-state index in [1.807, 2.05) is 24.4 Å². The number of hydrogen-bond acceptors (Lipinski definition) is 4. The molecule has 0 saturated heterocycles. The minimum Gasteiger partial charge on any atom is -0.497 e. The number of fused-ring (bicyclic) bond motifs is 2. The molecule has 136 valence electrons. The average Bonchev–Trinajstić information content (AvgIpc) is 3.02. The van der Waals surface area contributed by atoms with Crippen LogP contribution in [0.2, 0.25) is 0 Å². The lowest BCUT2D eigenvalue weighted by Gasteiger charge is -2.28. The van der Waals surface area contributed by atoms with Gasteiger partial charge in [0.1, 0.15) is 5.75 Å². The second kappa shape index (κ2) is 6.28. The summed E-state index contributed by atoms with van der Waals surface area (Å²) < 4.78 is 43.5. The summed E-state index contributed by atoms with van der Waals surface area (Å²) in [4.78, 5) is 12.6. The Morgan fingerprint density at radius 1 is 1.31 bits per heavy atom. The van der Waals surface area contributed by atoms with Crippen LogP contribution in [0.3, 0.4) is 0 Å². The van der Waals surface area contributed by atoms with Gasteiger partial charge in [0, 0.05) is 54.9 Å². The molecule has 0 unspecified atom stereocenters. The molecule has 4 rings (SSSR count). The van der Waals surface area contributed by atoms with E-state index < -0.39 is 12.0 Å². The SMILES string of the molecule is COc1ccc2[nH]cc(CN3CCc4nc(C(F)(F)F)ncc4C3)c2c1. The van der Waals surface area contributed by atoms with Crippen LogP contribution in [-0.4, -0.2) is 33.5 Å². The highest BCUT2D eigenvalue weighted by molar-refractivity contribution is 5.84. The van der Waals surface area contributed by atoms with Crippen molar-refractivity contribution >= 4 is 10.9 Å². The number of hydrogen-bond donors (Lipinski definition) is 1. The Kier molecular flexibility index (Phi) is 4.07. The maximum absolute atomic E-state index is 12.7. The van der Waals surface area contributed by atoms with Crippen molar-refractivity contribution in [3.8, 4) is 5.75 Å². The van der Waals surface area contributed by atoms with Gasteiger partial charge < -0.3 is 9.72 Å². The first-order chi connectivity index (χ1) is 12.4. The number of alkyl halides is 3. The predicted molar refractivity (Wildman–Crippen MR) is 89.7 cm³/mol. The third-order valence-electron chi connectivity index (χ3n) is 4.64. The van der Waals surface area contributed by atoms with E-state index >= 15 is 0 Å². The Bertz CT molecular complexity index is 951. The van der Waals surface area contributed by atoms with Crippen molar-refractivity contribution in [1.82, 2.24) is 19.9 Å². The van der Waals surface area contributed by atoms with Crippen LogP contribution >= 0.6 is 0 Å². The molecule has 0 aliphatic carbocycles. The first-order valence-electron chi connectivity index (χ1n) is 8.22. The van der Waals surface area contributed by atoms with Gasteiger partial charge in [0.15, 0.2) is 0 Å². The van der Waals surface area contributed by atoms with Crippen molar-refractivity contribution in [3.05, 3.63) is 53.2 Å². The standard InChI is InChI=1S/C18H17F3N4O/c1-26-13-2-3-16-14(6-13)11(7-22-16)9-25-5-4-15-12(10-25)8-23-17(24-15)18(19,20)21/h2-3,6-8,22H,4-5,9-10H2,1H3. The van der Waals surface area contributed by atoms with Crippen molar-refractivity contribution in [3.63, 3.8) is 0 Å². The number of methoxy groups -OCH3 is 1. The van der Waals surface area contributed by atoms with Gasteiger partial charge in [-0.1, -0.05) is 0 Å². The molecule has 3 aromatic rings. The van der Waals surface area contributed by atoms with Gasteiger partial charge in [0.2, 0.25) is 5.82 Å². The highest BCUT2D eigenvalue weighted by atomic mass is 19.4. The molecule has 0 amide bonds. The summed E-state index contributed by atoms with van der Waals surface area (Å²) in [6.45, 7) is 1.87. The van der Waals surface area contributed by atoms with Crippen LogP contribution < -0.4 is 4.74 Å². The van der Waals surface area contributed by atoms with Gasteiger partial charge in [-0.2, -0.15) is 13.2 Å². The Hall–Kier alpha value is -2.61. The van der Waals surface area contributed by atoms with Crippen molar-refractivity contribution in [2.75, 3.05) is 13.7 Å². The summed E-state index contributed by atoms with van der Waals surface area (Å²) in [6, 6.07) is 5.85. The summed E-state index contributed by atoms with van der Waals surface area (Å²) in [5.74, 6) is -0.274. The van der Waals surface area contributed by atoms with Crippen LogP contribution in [0.5, 0.6) is 5.75 Å². The molecule has 1 aromatic carbocycles. The number of ether oxygens (including phenoxy) is 1. The Balaban J connectivity index is 1.55. The molecular weight excluding hydrogens is 345 g/mol. The Morgan fingerprint density at radius 3 is 2.92 bits per heavy atom. The van der Waals surface area contributed by atoms with Gasteiger partial charge in [-0.15, -0.1) is 0 Å². The van der Waals surface area contributed by atoms with E-state index in [0.29, 0.717) is 31.7 Å².